The van der Waals surface area contributed by atoms with Gasteiger partial charge in [-0.15, -0.1) is 0 Å². The van der Waals surface area contributed by atoms with Crippen molar-refractivity contribution >= 4 is 5.69 Å². The van der Waals surface area contributed by atoms with Gasteiger partial charge >= 0.3 is 6.18 Å². The molecule has 2 heterocycles. The van der Waals surface area contributed by atoms with E-state index in [4.69, 9.17) is 10.3 Å². The number of hydrogen-bond donors (Lipinski definition) is 1. The average molecular weight is 244 g/mol. The first-order valence-electron chi connectivity index (χ1n) is 4.55. The smallest absolute Gasteiger partial charge is 0.396 e. The number of alkyl halides is 3. The molecular weight excluding hydrogens is 237 g/mol. The minimum absolute atomic E-state index is 0.0517. The van der Waals surface area contributed by atoms with Crippen molar-refractivity contribution in [2.45, 2.75) is 12.6 Å². The lowest BCUT2D eigenvalue weighted by atomic mass is 10.2. The van der Waals surface area contributed by atoms with Crippen LogP contribution in [-0.4, -0.2) is 21.3 Å². The van der Waals surface area contributed by atoms with Gasteiger partial charge in [0.25, 0.3) is 5.89 Å². The van der Waals surface area contributed by atoms with E-state index in [9.17, 15) is 13.2 Å². The van der Waals surface area contributed by atoms with Gasteiger partial charge in [0.1, 0.15) is 6.42 Å². The van der Waals surface area contributed by atoms with Crippen LogP contribution in [-0.2, 0) is 6.42 Å². The highest BCUT2D eigenvalue weighted by Gasteiger charge is 2.30. The van der Waals surface area contributed by atoms with Gasteiger partial charge < -0.3 is 10.3 Å². The van der Waals surface area contributed by atoms with Gasteiger partial charge in [-0.2, -0.15) is 18.2 Å². The van der Waals surface area contributed by atoms with Gasteiger partial charge in [0.2, 0.25) is 0 Å². The van der Waals surface area contributed by atoms with Gasteiger partial charge in [-0.1, -0.05) is 5.16 Å². The summed E-state index contributed by atoms with van der Waals surface area (Å²) in [4.78, 5) is 7.36. The molecule has 0 unspecified atom stereocenters. The van der Waals surface area contributed by atoms with E-state index in [0.717, 1.165) is 0 Å². The van der Waals surface area contributed by atoms with E-state index in [1.165, 1.54) is 18.5 Å². The second-order valence-electron chi connectivity index (χ2n) is 3.27. The highest BCUT2D eigenvalue weighted by atomic mass is 19.4. The average Bonchev–Trinajstić information content (AvgIpc) is 2.64. The molecule has 2 aromatic heterocycles. The molecule has 17 heavy (non-hydrogen) atoms. The first kappa shape index (κ1) is 11.4. The summed E-state index contributed by atoms with van der Waals surface area (Å²) in [6, 6.07) is 1.49. The summed E-state index contributed by atoms with van der Waals surface area (Å²) in [6.45, 7) is 0. The zero-order chi connectivity index (χ0) is 12.5. The van der Waals surface area contributed by atoms with Crippen molar-refractivity contribution in [3.05, 3.63) is 24.3 Å². The number of nitrogens with zero attached hydrogens (tertiary/aromatic N) is 3. The standard InChI is InChI=1S/C9H7F3N4O/c10-9(11,12)3-7-15-8(17-16-7)5-1-2-14-4-6(5)13/h1-2,4H,3,13H2. The van der Waals surface area contributed by atoms with Gasteiger partial charge in [-0.3, -0.25) is 4.98 Å². The van der Waals surface area contributed by atoms with E-state index in [-0.39, 0.29) is 11.6 Å². The van der Waals surface area contributed by atoms with Crippen molar-refractivity contribution in [2.24, 2.45) is 0 Å². The first-order chi connectivity index (χ1) is 7.96. The number of pyridine rings is 1. The van der Waals surface area contributed by atoms with Crippen LogP contribution in [0.4, 0.5) is 18.9 Å². The molecule has 0 aromatic carbocycles. The molecule has 0 spiro atoms. The zero-order valence-electron chi connectivity index (χ0n) is 8.40. The molecule has 0 aliphatic rings. The molecule has 0 aliphatic heterocycles. The summed E-state index contributed by atoms with van der Waals surface area (Å²) in [6.07, 6.45) is -2.82. The van der Waals surface area contributed by atoms with Crippen LogP contribution in [0, 0.1) is 0 Å². The summed E-state index contributed by atoms with van der Waals surface area (Å²) in [5.41, 5.74) is 6.20. The van der Waals surface area contributed by atoms with Crippen molar-refractivity contribution in [3.63, 3.8) is 0 Å². The molecular formula is C9H7F3N4O. The Morgan fingerprint density at radius 2 is 2.12 bits per heavy atom. The SMILES string of the molecule is Nc1cnccc1-c1nc(CC(F)(F)F)no1. The quantitative estimate of drug-likeness (QED) is 0.871. The van der Waals surface area contributed by atoms with Crippen LogP contribution in [0.25, 0.3) is 11.5 Å². The zero-order valence-corrected chi connectivity index (χ0v) is 8.40. The maximum Gasteiger partial charge on any atom is 0.396 e. The fourth-order valence-electron chi connectivity index (χ4n) is 1.22. The lowest BCUT2D eigenvalue weighted by molar-refractivity contribution is -0.128. The van der Waals surface area contributed by atoms with Crippen LogP contribution in [0.5, 0.6) is 0 Å². The largest absolute Gasteiger partial charge is 0.397 e. The maximum absolute atomic E-state index is 12.1. The van der Waals surface area contributed by atoms with Crippen LogP contribution in [0.2, 0.25) is 0 Å². The molecule has 2 rings (SSSR count). The van der Waals surface area contributed by atoms with E-state index >= 15 is 0 Å². The van der Waals surface area contributed by atoms with Crippen molar-refractivity contribution < 1.29 is 17.7 Å². The lowest BCUT2D eigenvalue weighted by Gasteiger charge is -2.00. The third-order valence-electron chi connectivity index (χ3n) is 1.91. The van der Waals surface area contributed by atoms with E-state index in [1.807, 2.05) is 0 Å². The van der Waals surface area contributed by atoms with E-state index in [0.29, 0.717) is 5.56 Å². The monoisotopic (exact) mass is 244 g/mol. The number of nitrogens with two attached hydrogens (primary N) is 1. The Labute approximate surface area is 93.5 Å². The predicted octanol–water partition coefficient (Wildman–Crippen LogP) is 1.82. The number of halogens is 3. The Hall–Kier alpha value is -2.12. The van der Waals surface area contributed by atoms with Crippen LogP contribution < -0.4 is 5.73 Å². The molecule has 2 N–H and O–H groups in total. The summed E-state index contributed by atoms with van der Waals surface area (Å²) in [7, 11) is 0. The van der Waals surface area contributed by atoms with Crippen molar-refractivity contribution in [3.8, 4) is 11.5 Å². The van der Waals surface area contributed by atoms with Gasteiger partial charge in [-0.05, 0) is 6.07 Å². The Bertz CT molecular complexity index is 523. The van der Waals surface area contributed by atoms with Gasteiger partial charge in [0.05, 0.1) is 17.4 Å². The van der Waals surface area contributed by atoms with Gasteiger partial charge in [0.15, 0.2) is 5.82 Å². The maximum atomic E-state index is 12.1. The molecule has 0 radical (unpaired) electrons. The Morgan fingerprint density at radius 3 is 2.76 bits per heavy atom. The van der Waals surface area contributed by atoms with Crippen LogP contribution >= 0.6 is 0 Å². The van der Waals surface area contributed by atoms with E-state index in [2.05, 4.69) is 15.1 Å². The van der Waals surface area contributed by atoms with E-state index < -0.39 is 18.4 Å². The second-order valence-corrected chi connectivity index (χ2v) is 3.27. The Morgan fingerprint density at radius 1 is 1.35 bits per heavy atom. The van der Waals surface area contributed by atoms with Crippen molar-refractivity contribution in [1.82, 2.24) is 15.1 Å². The lowest BCUT2D eigenvalue weighted by Crippen LogP contribution is -2.12. The number of hydrogen-bond acceptors (Lipinski definition) is 5. The Kier molecular flexibility index (Phi) is 2.70. The minimum atomic E-state index is -4.37. The predicted molar refractivity (Wildman–Crippen MR) is 51.7 cm³/mol. The number of rotatable bonds is 2. The van der Waals surface area contributed by atoms with Crippen molar-refractivity contribution in [1.29, 1.82) is 0 Å². The number of anilines is 1. The second kappa shape index (κ2) is 4.04. The molecule has 8 heteroatoms. The third kappa shape index (κ3) is 2.71. The number of nitrogen functional groups attached to an aromatic ring is 1. The van der Waals surface area contributed by atoms with Crippen molar-refractivity contribution in [2.75, 3.05) is 5.73 Å². The molecule has 90 valence electrons. The molecule has 5 nitrogen and oxygen atoms in total. The fourth-order valence-corrected chi connectivity index (χ4v) is 1.22. The highest BCUT2D eigenvalue weighted by Crippen LogP contribution is 2.25. The molecule has 0 atom stereocenters. The molecule has 0 saturated carbocycles. The molecule has 0 saturated heterocycles. The van der Waals surface area contributed by atoms with Crippen LogP contribution in [0.3, 0.4) is 0 Å². The third-order valence-corrected chi connectivity index (χ3v) is 1.91. The summed E-state index contributed by atoms with van der Waals surface area (Å²) in [5, 5.41) is 3.24. The van der Waals surface area contributed by atoms with Crippen LogP contribution in [0.1, 0.15) is 5.82 Å². The molecule has 0 amide bonds. The molecule has 2 aromatic rings. The summed E-state index contributed by atoms with van der Waals surface area (Å²) < 4.78 is 40.9. The fraction of sp³-hybridized carbons (Fsp3) is 0.222. The summed E-state index contributed by atoms with van der Waals surface area (Å²) >= 11 is 0. The van der Waals surface area contributed by atoms with E-state index in [1.54, 1.807) is 0 Å². The molecule has 0 fully saturated rings. The normalized spacial score (nSPS) is 11.7. The Balaban J connectivity index is 2.28. The number of aromatic nitrogens is 3. The molecule has 0 bridgehead atoms. The van der Waals surface area contributed by atoms with Gasteiger partial charge in [-0.25, -0.2) is 0 Å². The highest BCUT2D eigenvalue weighted by molar-refractivity contribution is 5.68. The van der Waals surface area contributed by atoms with Gasteiger partial charge in [0, 0.05) is 6.20 Å². The first-order valence-corrected chi connectivity index (χ1v) is 4.55. The minimum Gasteiger partial charge on any atom is -0.397 e. The summed E-state index contributed by atoms with van der Waals surface area (Å²) in [5.74, 6) is -0.479. The topological polar surface area (TPSA) is 77.8 Å². The van der Waals surface area contributed by atoms with Crippen LogP contribution in [0.15, 0.2) is 23.0 Å². The molecule has 0 aliphatic carbocycles.